The molecule has 0 aromatic heterocycles. The Hall–Kier alpha value is -3.31. The van der Waals surface area contributed by atoms with Crippen LogP contribution in [0.5, 0.6) is 5.75 Å². The molecule has 154 valence electrons. The topological polar surface area (TPSA) is 58.6 Å². The van der Waals surface area contributed by atoms with Gasteiger partial charge in [-0.05, 0) is 55.0 Å². The highest BCUT2D eigenvalue weighted by atomic mass is 35.5. The van der Waals surface area contributed by atoms with Crippen LogP contribution in [0.4, 0.5) is 5.69 Å². The van der Waals surface area contributed by atoms with Gasteiger partial charge in [-0.1, -0.05) is 48.0 Å². The van der Waals surface area contributed by atoms with E-state index in [-0.39, 0.29) is 18.4 Å². The van der Waals surface area contributed by atoms with Crippen LogP contribution >= 0.6 is 11.6 Å². The van der Waals surface area contributed by atoms with Gasteiger partial charge in [-0.3, -0.25) is 9.59 Å². The van der Waals surface area contributed by atoms with Crippen LogP contribution in [0.3, 0.4) is 0 Å². The number of ether oxygens (including phenoxy) is 1. The molecule has 0 saturated heterocycles. The van der Waals surface area contributed by atoms with Crippen LogP contribution in [0.15, 0.2) is 84.9 Å². The standard InChI is InChI=1S/C24H23ClN2O3/c25-20-14-12-19(13-15-20)24(29)27(21-8-3-1-4-9-21)17-7-16-26-23(28)18-30-22-10-5-2-6-11-22/h1-6,8-15H,7,16-18H2,(H,26,28). The maximum Gasteiger partial charge on any atom is 0.258 e. The molecule has 0 radical (unpaired) electrons. The fourth-order valence-electron chi connectivity index (χ4n) is 2.89. The number of nitrogens with zero attached hydrogens (tertiary/aromatic N) is 1. The lowest BCUT2D eigenvalue weighted by Crippen LogP contribution is -2.35. The lowest BCUT2D eigenvalue weighted by Gasteiger charge is -2.23. The van der Waals surface area contributed by atoms with Gasteiger partial charge in [-0.15, -0.1) is 0 Å². The fourth-order valence-corrected chi connectivity index (χ4v) is 3.01. The SMILES string of the molecule is O=C(COc1ccccc1)NCCCN(C(=O)c1ccc(Cl)cc1)c1ccccc1. The molecule has 6 heteroatoms. The smallest absolute Gasteiger partial charge is 0.258 e. The van der Waals surface area contributed by atoms with Crippen molar-refractivity contribution in [3.63, 3.8) is 0 Å². The van der Waals surface area contributed by atoms with Gasteiger partial charge in [0, 0.05) is 29.4 Å². The molecule has 0 atom stereocenters. The summed E-state index contributed by atoms with van der Waals surface area (Å²) in [6.07, 6.45) is 0.602. The Bertz CT molecular complexity index is 947. The molecule has 0 aliphatic rings. The second-order valence-electron chi connectivity index (χ2n) is 6.60. The number of nitrogens with one attached hydrogen (secondary N) is 1. The van der Waals surface area contributed by atoms with Crippen molar-refractivity contribution in [3.05, 3.63) is 95.5 Å². The third-order valence-electron chi connectivity index (χ3n) is 4.40. The van der Waals surface area contributed by atoms with Crippen molar-refractivity contribution in [2.45, 2.75) is 6.42 Å². The largest absolute Gasteiger partial charge is 0.484 e. The van der Waals surface area contributed by atoms with Gasteiger partial charge in [0.05, 0.1) is 0 Å². The zero-order valence-corrected chi connectivity index (χ0v) is 17.2. The molecule has 0 bridgehead atoms. The van der Waals surface area contributed by atoms with Gasteiger partial charge in [0.25, 0.3) is 11.8 Å². The predicted octanol–water partition coefficient (Wildman–Crippen LogP) is 4.57. The summed E-state index contributed by atoms with van der Waals surface area (Å²) in [5.74, 6) is 0.335. The summed E-state index contributed by atoms with van der Waals surface area (Å²) < 4.78 is 5.43. The van der Waals surface area contributed by atoms with E-state index in [1.54, 1.807) is 41.3 Å². The maximum absolute atomic E-state index is 13.0. The van der Waals surface area contributed by atoms with E-state index in [0.29, 0.717) is 35.8 Å². The number of carbonyl (C=O) groups excluding carboxylic acids is 2. The highest BCUT2D eigenvalue weighted by Crippen LogP contribution is 2.18. The number of para-hydroxylation sites is 2. The van der Waals surface area contributed by atoms with E-state index in [1.165, 1.54) is 0 Å². The van der Waals surface area contributed by atoms with Crippen molar-refractivity contribution in [2.24, 2.45) is 0 Å². The molecule has 0 saturated carbocycles. The molecule has 3 aromatic rings. The number of amides is 2. The number of benzene rings is 3. The Kier molecular flexibility index (Phi) is 7.86. The van der Waals surface area contributed by atoms with Crippen LogP contribution in [0.25, 0.3) is 0 Å². The van der Waals surface area contributed by atoms with Crippen LogP contribution < -0.4 is 15.0 Å². The zero-order chi connectivity index (χ0) is 21.2. The van der Waals surface area contributed by atoms with Gasteiger partial charge in [0.1, 0.15) is 5.75 Å². The summed E-state index contributed by atoms with van der Waals surface area (Å²) in [6, 6.07) is 25.5. The molecular formula is C24H23ClN2O3. The first kappa shape index (κ1) is 21.4. The highest BCUT2D eigenvalue weighted by Gasteiger charge is 2.17. The number of halogens is 1. The molecule has 0 aliphatic heterocycles. The average Bonchev–Trinajstić information content (AvgIpc) is 2.79. The third-order valence-corrected chi connectivity index (χ3v) is 4.65. The number of anilines is 1. The van der Waals surface area contributed by atoms with Crippen molar-refractivity contribution in [1.82, 2.24) is 5.32 Å². The van der Waals surface area contributed by atoms with Crippen molar-refractivity contribution < 1.29 is 14.3 Å². The Morgan fingerprint density at radius 1 is 0.867 bits per heavy atom. The van der Waals surface area contributed by atoms with Crippen molar-refractivity contribution in [1.29, 1.82) is 0 Å². The Morgan fingerprint density at radius 2 is 1.50 bits per heavy atom. The van der Waals surface area contributed by atoms with Crippen LogP contribution in [-0.2, 0) is 4.79 Å². The van der Waals surface area contributed by atoms with E-state index in [4.69, 9.17) is 16.3 Å². The minimum atomic E-state index is -0.200. The first-order chi connectivity index (χ1) is 14.6. The van der Waals surface area contributed by atoms with Crippen LogP contribution in [0.1, 0.15) is 16.8 Å². The second-order valence-corrected chi connectivity index (χ2v) is 7.04. The summed E-state index contributed by atoms with van der Waals surface area (Å²) in [7, 11) is 0. The van der Waals surface area contributed by atoms with E-state index in [1.807, 2.05) is 48.5 Å². The molecule has 5 nitrogen and oxygen atoms in total. The third kappa shape index (κ3) is 6.36. The van der Waals surface area contributed by atoms with Gasteiger partial charge >= 0.3 is 0 Å². The predicted molar refractivity (Wildman–Crippen MR) is 119 cm³/mol. The Labute approximate surface area is 181 Å². The molecule has 2 amide bonds. The van der Waals surface area contributed by atoms with E-state index in [9.17, 15) is 9.59 Å². The number of hydrogen-bond donors (Lipinski definition) is 1. The van der Waals surface area contributed by atoms with Crippen molar-refractivity contribution in [3.8, 4) is 5.75 Å². The van der Waals surface area contributed by atoms with Gasteiger partial charge in [0.15, 0.2) is 6.61 Å². The van der Waals surface area contributed by atoms with Gasteiger partial charge in [0.2, 0.25) is 0 Å². The first-order valence-corrected chi connectivity index (χ1v) is 10.1. The van der Waals surface area contributed by atoms with E-state index >= 15 is 0 Å². The number of carbonyl (C=O) groups is 2. The average molecular weight is 423 g/mol. The Balaban J connectivity index is 1.53. The van der Waals surface area contributed by atoms with Gasteiger partial charge in [-0.25, -0.2) is 0 Å². The first-order valence-electron chi connectivity index (χ1n) is 9.70. The van der Waals surface area contributed by atoms with Crippen LogP contribution in [0, 0.1) is 0 Å². The lowest BCUT2D eigenvalue weighted by atomic mass is 10.1. The van der Waals surface area contributed by atoms with E-state index in [2.05, 4.69) is 5.32 Å². The molecule has 0 heterocycles. The molecule has 1 N–H and O–H groups in total. The molecule has 0 spiro atoms. The monoisotopic (exact) mass is 422 g/mol. The summed E-state index contributed by atoms with van der Waals surface area (Å²) in [5, 5.41) is 3.41. The van der Waals surface area contributed by atoms with E-state index in [0.717, 1.165) is 5.69 Å². The minimum Gasteiger partial charge on any atom is -0.484 e. The number of rotatable bonds is 9. The maximum atomic E-state index is 13.0. The summed E-state index contributed by atoms with van der Waals surface area (Å²) in [4.78, 5) is 26.7. The number of hydrogen-bond acceptors (Lipinski definition) is 3. The summed E-state index contributed by atoms with van der Waals surface area (Å²) in [6.45, 7) is 0.857. The summed E-state index contributed by atoms with van der Waals surface area (Å²) in [5.41, 5.74) is 1.36. The van der Waals surface area contributed by atoms with Gasteiger partial charge < -0.3 is 15.0 Å². The Morgan fingerprint density at radius 3 is 2.17 bits per heavy atom. The molecule has 3 aromatic carbocycles. The van der Waals surface area contributed by atoms with Crippen molar-refractivity contribution in [2.75, 3.05) is 24.6 Å². The minimum absolute atomic E-state index is 0.0455. The molecule has 0 unspecified atom stereocenters. The van der Waals surface area contributed by atoms with E-state index < -0.39 is 0 Å². The summed E-state index contributed by atoms with van der Waals surface area (Å²) >= 11 is 5.93. The van der Waals surface area contributed by atoms with Crippen molar-refractivity contribution >= 4 is 29.1 Å². The fraction of sp³-hybridized carbons (Fsp3) is 0.167. The molecular weight excluding hydrogens is 400 g/mol. The molecule has 30 heavy (non-hydrogen) atoms. The van der Waals surface area contributed by atoms with Crippen LogP contribution in [0.2, 0.25) is 5.02 Å². The highest BCUT2D eigenvalue weighted by molar-refractivity contribution is 6.30. The van der Waals surface area contributed by atoms with Crippen LogP contribution in [-0.4, -0.2) is 31.5 Å². The zero-order valence-electron chi connectivity index (χ0n) is 16.5. The quantitative estimate of drug-likeness (QED) is 0.514. The lowest BCUT2D eigenvalue weighted by molar-refractivity contribution is -0.123. The molecule has 3 rings (SSSR count). The normalized spacial score (nSPS) is 10.3. The molecule has 0 aliphatic carbocycles. The molecule has 0 fully saturated rings. The second kappa shape index (κ2) is 11.0. The van der Waals surface area contributed by atoms with Gasteiger partial charge in [-0.2, -0.15) is 0 Å².